The van der Waals surface area contributed by atoms with E-state index in [-0.39, 0.29) is 5.91 Å². The van der Waals surface area contributed by atoms with Crippen LogP contribution in [0.4, 0.5) is 5.69 Å². The molecular weight excluding hydrogens is 230 g/mol. The van der Waals surface area contributed by atoms with Crippen LogP contribution in [0.15, 0.2) is 35.2 Å². The van der Waals surface area contributed by atoms with E-state index in [9.17, 15) is 4.79 Å². The normalized spacial score (nSPS) is 18.9. The first-order valence-electron chi connectivity index (χ1n) is 5.81. The van der Waals surface area contributed by atoms with Crippen LogP contribution >= 0.6 is 11.8 Å². The molecule has 0 saturated carbocycles. The Morgan fingerprint density at radius 1 is 1.47 bits per heavy atom. The van der Waals surface area contributed by atoms with E-state index in [1.165, 1.54) is 4.91 Å². The molecule has 1 unspecified atom stereocenters. The molecule has 0 aliphatic carbocycles. The van der Waals surface area contributed by atoms with Gasteiger partial charge in [0.1, 0.15) is 0 Å². The Morgan fingerprint density at radius 2 is 2.29 bits per heavy atom. The van der Waals surface area contributed by atoms with Gasteiger partial charge in [-0.3, -0.25) is 4.79 Å². The van der Waals surface area contributed by atoms with Crippen molar-refractivity contribution in [2.45, 2.75) is 20.3 Å². The summed E-state index contributed by atoms with van der Waals surface area (Å²) in [6.07, 6.45) is 2.78. The van der Waals surface area contributed by atoms with Crippen LogP contribution in [-0.2, 0) is 4.79 Å². The van der Waals surface area contributed by atoms with Gasteiger partial charge in [0.15, 0.2) is 0 Å². The van der Waals surface area contributed by atoms with Crippen LogP contribution in [0.3, 0.4) is 0 Å². The fourth-order valence-corrected chi connectivity index (χ4v) is 2.94. The molecule has 1 amide bonds. The zero-order chi connectivity index (χ0) is 12.3. The molecule has 90 valence electrons. The van der Waals surface area contributed by atoms with Crippen LogP contribution in [0.1, 0.15) is 18.9 Å². The molecule has 1 N–H and O–H groups in total. The van der Waals surface area contributed by atoms with Crippen LogP contribution in [0.25, 0.3) is 0 Å². The highest BCUT2D eigenvalue weighted by Crippen LogP contribution is 2.30. The Balaban J connectivity index is 1.89. The molecule has 0 spiro atoms. The number of allylic oxidation sites excluding steroid dienone is 2. The lowest BCUT2D eigenvalue weighted by molar-refractivity contribution is -0.116. The van der Waals surface area contributed by atoms with E-state index in [2.05, 4.69) is 18.3 Å². The monoisotopic (exact) mass is 247 g/mol. The Kier molecular flexibility index (Phi) is 3.89. The predicted octanol–water partition coefficient (Wildman–Crippen LogP) is 3.59. The lowest BCUT2D eigenvalue weighted by Gasteiger charge is -2.08. The van der Waals surface area contributed by atoms with E-state index in [4.69, 9.17) is 0 Å². The SMILES string of the molecule is CC1=CC(CC(=O)Nc2cccc(C)c2)CS1. The second-order valence-electron chi connectivity index (χ2n) is 4.47. The number of nitrogens with one attached hydrogen (secondary N) is 1. The maximum Gasteiger partial charge on any atom is 0.224 e. The van der Waals surface area contributed by atoms with E-state index in [0.717, 1.165) is 17.0 Å². The van der Waals surface area contributed by atoms with E-state index in [1.54, 1.807) is 0 Å². The van der Waals surface area contributed by atoms with Gasteiger partial charge in [0, 0.05) is 17.9 Å². The van der Waals surface area contributed by atoms with Crippen molar-refractivity contribution in [3.63, 3.8) is 0 Å². The van der Waals surface area contributed by atoms with E-state index in [1.807, 2.05) is 43.0 Å². The highest BCUT2D eigenvalue weighted by Gasteiger charge is 2.17. The summed E-state index contributed by atoms with van der Waals surface area (Å²) < 4.78 is 0. The number of thioether (sulfide) groups is 1. The summed E-state index contributed by atoms with van der Waals surface area (Å²) in [5.74, 6) is 1.53. The largest absolute Gasteiger partial charge is 0.326 e. The summed E-state index contributed by atoms with van der Waals surface area (Å²) in [6.45, 7) is 4.12. The van der Waals surface area contributed by atoms with Crippen molar-refractivity contribution in [2.24, 2.45) is 5.92 Å². The first-order chi connectivity index (χ1) is 8.13. The predicted molar refractivity (Wildman–Crippen MR) is 74.1 cm³/mol. The van der Waals surface area contributed by atoms with Crippen molar-refractivity contribution < 1.29 is 4.79 Å². The molecule has 0 radical (unpaired) electrons. The van der Waals surface area contributed by atoms with E-state index in [0.29, 0.717) is 12.3 Å². The molecule has 1 aliphatic heterocycles. The van der Waals surface area contributed by atoms with Gasteiger partial charge >= 0.3 is 0 Å². The molecule has 1 aromatic rings. The minimum Gasteiger partial charge on any atom is -0.326 e. The third-order valence-corrected chi connectivity index (χ3v) is 3.93. The van der Waals surface area contributed by atoms with Gasteiger partial charge in [-0.05, 0) is 42.4 Å². The molecule has 1 aromatic carbocycles. The maximum atomic E-state index is 11.8. The molecule has 1 heterocycles. The number of anilines is 1. The summed E-state index contributed by atoms with van der Waals surface area (Å²) >= 11 is 1.84. The number of rotatable bonds is 3. The van der Waals surface area contributed by atoms with Crippen molar-refractivity contribution in [1.82, 2.24) is 0 Å². The van der Waals surface area contributed by atoms with Crippen molar-refractivity contribution in [3.05, 3.63) is 40.8 Å². The van der Waals surface area contributed by atoms with Crippen molar-refractivity contribution in [1.29, 1.82) is 0 Å². The summed E-state index contributed by atoms with van der Waals surface area (Å²) in [5, 5.41) is 2.95. The Hall–Kier alpha value is -1.22. The van der Waals surface area contributed by atoms with Crippen LogP contribution in [0.5, 0.6) is 0 Å². The second kappa shape index (κ2) is 5.41. The third-order valence-electron chi connectivity index (χ3n) is 2.74. The molecule has 0 bridgehead atoms. The first-order valence-corrected chi connectivity index (χ1v) is 6.80. The summed E-state index contributed by atoms with van der Waals surface area (Å²) in [6, 6.07) is 7.90. The molecular formula is C14H17NOS. The molecule has 1 atom stereocenters. The first kappa shape index (κ1) is 12.2. The number of carbonyl (C=O) groups excluding carboxylic acids is 1. The number of amides is 1. The van der Waals surface area contributed by atoms with E-state index >= 15 is 0 Å². The van der Waals surface area contributed by atoms with Crippen molar-refractivity contribution in [3.8, 4) is 0 Å². The highest BCUT2D eigenvalue weighted by molar-refractivity contribution is 8.03. The van der Waals surface area contributed by atoms with Crippen LogP contribution in [-0.4, -0.2) is 11.7 Å². The number of hydrogen-bond acceptors (Lipinski definition) is 2. The number of hydrogen-bond donors (Lipinski definition) is 1. The molecule has 2 rings (SSSR count). The standard InChI is InChI=1S/C14H17NOS/c1-10-4-3-5-13(6-10)15-14(16)8-12-7-11(2)17-9-12/h3-7,12H,8-9H2,1-2H3,(H,15,16). The van der Waals surface area contributed by atoms with Crippen molar-refractivity contribution >= 4 is 23.4 Å². The van der Waals surface area contributed by atoms with Crippen molar-refractivity contribution in [2.75, 3.05) is 11.1 Å². The molecule has 0 fully saturated rings. The summed E-state index contributed by atoms with van der Waals surface area (Å²) in [7, 11) is 0. The fourth-order valence-electron chi connectivity index (χ4n) is 1.96. The zero-order valence-corrected chi connectivity index (χ0v) is 11.0. The smallest absolute Gasteiger partial charge is 0.224 e. The summed E-state index contributed by atoms with van der Waals surface area (Å²) in [4.78, 5) is 13.2. The van der Waals surface area contributed by atoms with Crippen LogP contribution < -0.4 is 5.32 Å². The van der Waals surface area contributed by atoms with Gasteiger partial charge in [-0.15, -0.1) is 11.8 Å². The van der Waals surface area contributed by atoms with Gasteiger partial charge in [0.2, 0.25) is 5.91 Å². The van der Waals surface area contributed by atoms with Crippen LogP contribution in [0.2, 0.25) is 0 Å². The van der Waals surface area contributed by atoms with Gasteiger partial charge in [-0.25, -0.2) is 0 Å². The Morgan fingerprint density at radius 3 is 2.94 bits per heavy atom. The van der Waals surface area contributed by atoms with Gasteiger partial charge < -0.3 is 5.32 Å². The molecule has 2 nitrogen and oxygen atoms in total. The zero-order valence-electron chi connectivity index (χ0n) is 10.2. The second-order valence-corrected chi connectivity index (χ2v) is 5.74. The molecule has 0 saturated heterocycles. The van der Waals surface area contributed by atoms with Gasteiger partial charge in [0.25, 0.3) is 0 Å². The minimum atomic E-state index is 0.104. The number of benzene rings is 1. The van der Waals surface area contributed by atoms with Crippen LogP contribution in [0, 0.1) is 12.8 Å². The number of carbonyl (C=O) groups is 1. The average molecular weight is 247 g/mol. The average Bonchev–Trinajstić information content (AvgIpc) is 2.63. The molecule has 3 heteroatoms. The Labute approximate surface area is 106 Å². The maximum absolute atomic E-state index is 11.8. The molecule has 17 heavy (non-hydrogen) atoms. The summed E-state index contributed by atoms with van der Waals surface area (Å²) in [5.41, 5.74) is 2.05. The number of aryl methyl sites for hydroxylation is 1. The topological polar surface area (TPSA) is 29.1 Å². The Bertz CT molecular complexity index is 453. The third kappa shape index (κ3) is 3.63. The molecule has 1 aliphatic rings. The minimum absolute atomic E-state index is 0.104. The lowest BCUT2D eigenvalue weighted by Crippen LogP contribution is -2.15. The van der Waals surface area contributed by atoms with Gasteiger partial charge in [0.05, 0.1) is 0 Å². The van der Waals surface area contributed by atoms with Gasteiger partial charge in [-0.2, -0.15) is 0 Å². The van der Waals surface area contributed by atoms with E-state index < -0.39 is 0 Å². The fraction of sp³-hybridized carbons (Fsp3) is 0.357. The quantitative estimate of drug-likeness (QED) is 0.884. The molecule has 0 aromatic heterocycles. The van der Waals surface area contributed by atoms with Gasteiger partial charge in [-0.1, -0.05) is 18.2 Å². The lowest BCUT2D eigenvalue weighted by atomic mass is 10.1. The highest BCUT2D eigenvalue weighted by atomic mass is 32.2.